The molecule has 0 spiro atoms. The minimum atomic E-state index is -0.584. The Balaban J connectivity index is 1.72. The zero-order chi connectivity index (χ0) is 18.6. The summed E-state index contributed by atoms with van der Waals surface area (Å²) in [6.45, 7) is 2.87. The summed E-state index contributed by atoms with van der Waals surface area (Å²) in [6.07, 6.45) is 4.07. The van der Waals surface area contributed by atoms with E-state index in [1.807, 2.05) is 0 Å². The summed E-state index contributed by atoms with van der Waals surface area (Å²) in [4.78, 5) is 19.7. The van der Waals surface area contributed by atoms with Crippen LogP contribution in [0.1, 0.15) is 30.5 Å². The predicted molar refractivity (Wildman–Crippen MR) is 104 cm³/mol. The third-order valence-corrected chi connectivity index (χ3v) is 7.24. The molecule has 4 bridgehead atoms. The highest BCUT2D eigenvalue weighted by Gasteiger charge is 2.62. The molecular weight excluding hydrogens is 340 g/mol. The number of carbonyl (C=O) groups is 1. The Bertz CT molecular complexity index is 876. The van der Waals surface area contributed by atoms with E-state index in [4.69, 9.17) is 9.47 Å². The lowest BCUT2D eigenvalue weighted by Crippen LogP contribution is -2.67. The fraction of sp³-hybridized carbons (Fsp3) is 0.591. The van der Waals surface area contributed by atoms with E-state index in [9.17, 15) is 4.79 Å². The molecule has 5 heteroatoms. The molecule has 1 unspecified atom stereocenters. The van der Waals surface area contributed by atoms with Crippen molar-refractivity contribution in [2.75, 3.05) is 33.9 Å². The number of ether oxygens (including phenoxy) is 2. The van der Waals surface area contributed by atoms with Gasteiger partial charge >= 0.3 is 5.97 Å². The second-order valence-corrected chi connectivity index (χ2v) is 8.52. The number of methoxy groups -OCH3 is 2. The molecule has 2 saturated heterocycles. The van der Waals surface area contributed by atoms with Crippen molar-refractivity contribution in [1.29, 1.82) is 0 Å². The van der Waals surface area contributed by atoms with Gasteiger partial charge in [-0.1, -0.05) is 18.2 Å². The van der Waals surface area contributed by atoms with E-state index in [1.165, 1.54) is 17.4 Å². The van der Waals surface area contributed by atoms with Gasteiger partial charge in [0.15, 0.2) is 0 Å². The Hall–Kier alpha value is -1.85. The number of rotatable bonds is 4. The maximum Gasteiger partial charge on any atom is 0.319 e. The minimum Gasteiger partial charge on any atom is -0.468 e. The molecule has 1 N–H and O–H groups in total. The van der Waals surface area contributed by atoms with Crippen LogP contribution >= 0.6 is 0 Å². The monoisotopic (exact) mass is 368 g/mol. The van der Waals surface area contributed by atoms with Crippen LogP contribution in [0.5, 0.6) is 0 Å². The van der Waals surface area contributed by atoms with E-state index in [1.54, 1.807) is 14.2 Å². The smallest absolute Gasteiger partial charge is 0.319 e. The van der Waals surface area contributed by atoms with E-state index in [0.717, 1.165) is 50.2 Å². The Morgan fingerprint density at radius 1 is 1.33 bits per heavy atom. The number of fused-ring (bicyclic) bond motifs is 4. The van der Waals surface area contributed by atoms with Crippen LogP contribution in [0.15, 0.2) is 24.3 Å². The first kappa shape index (κ1) is 17.3. The Morgan fingerprint density at radius 3 is 3.00 bits per heavy atom. The molecule has 6 rings (SSSR count). The zero-order valence-corrected chi connectivity index (χ0v) is 16.2. The van der Waals surface area contributed by atoms with Crippen molar-refractivity contribution >= 4 is 16.9 Å². The summed E-state index contributed by atoms with van der Waals surface area (Å²) in [6, 6.07) is 8.65. The van der Waals surface area contributed by atoms with Gasteiger partial charge in [0.2, 0.25) is 0 Å². The summed E-state index contributed by atoms with van der Waals surface area (Å²) in [5.41, 5.74) is 2.99. The standard InChI is InChI=1S/C22H28N2O3/c1-26-10-8-15-11-14-12-22(21(25)27-2)19-17(7-9-24(13-14)20(15)22)16-5-3-4-6-18(16)23-19/h3-6,14-15,20,23H,7-13H2,1-2H3/t14-,15+,20+,22+/m1/s1. The van der Waals surface area contributed by atoms with Gasteiger partial charge in [-0.05, 0) is 49.1 Å². The van der Waals surface area contributed by atoms with Crippen molar-refractivity contribution in [2.24, 2.45) is 11.8 Å². The number of esters is 1. The molecule has 144 valence electrons. The van der Waals surface area contributed by atoms with E-state index < -0.39 is 5.41 Å². The van der Waals surface area contributed by atoms with Gasteiger partial charge in [0.1, 0.15) is 5.41 Å². The molecule has 1 saturated carbocycles. The second kappa shape index (κ2) is 6.35. The van der Waals surface area contributed by atoms with Crippen LogP contribution in [0, 0.1) is 11.8 Å². The molecular formula is C22H28N2O3. The number of piperidine rings is 2. The van der Waals surface area contributed by atoms with Crippen LogP contribution < -0.4 is 0 Å². The van der Waals surface area contributed by atoms with Gasteiger partial charge in [0.25, 0.3) is 0 Å². The van der Waals surface area contributed by atoms with Crippen molar-refractivity contribution in [3.63, 3.8) is 0 Å². The third-order valence-electron chi connectivity index (χ3n) is 7.24. The number of H-pyrrole nitrogens is 1. The number of aromatic amines is 1. The average Bonchev–Trinajstić information content (AvgIpc) is 3.04. The summed E-state index contributed by atoms with van der Waals surface area (Å²) >= 11 is 0. The average molecular weight is 368 g/mol. The lowest BCUT2D eigenvalue weighted by Gasteiger charge is -2.58. The highest BCUT2D eigenvalue weighted by atomic mass is 16.5. The lowest BCUT2D eigenvalue weighted by molar-refractivity contribution is -0.162. The number of carbonyl (C=O) groups excluding carboxylic acids is 1. The number of para-hydroxylation sites is 1. The van der Waals surface area contributed by atoms with Crippen LogP contribution in [0.3, 0.4) is 0 Å². The fourth-order valence-corrected chi connectivity index (χ4v) is 6.42. The minimum absolute atomic E-state index is 0.0703. The number of benzene rings is 1. The lowest BCUT2D eigenvalue weighted by atomic mass is 9.56. The highest BCUT2D eigenvalue weighted by molar-refractivity contribution is 5.91. The molecule has 2 aromatic rings. The van der Waals surface area contributed by atoms with Gasteiger partial charge in [0.05, 0.1) is 7.11 Å². The normalized spacial score (nSPS) is 34.3. The molecule has 27 heavy (non-hydrogen) atoms. The molecule has 1 aliphatic carbocycles. The first-order valence-corrected chi connectivity index (χ1v) is 10.1. The van der Waals surface area contributed by atoms with E-state index in [-0.39, 0.29) is 12.0 Å². The number of hydrogen-bond acceptors (Lipinski definition) is 4. The van der Waals surface area contributed by atoms with Gasteiger partial charge < -0.3 is 14.5 Å². The Morgan fingerprint density at radius 2 is 2.19 bits per heavy atom. The van der Waals surface area contributed by atoms with Crippen molar-refractivity contribution in [3.05, 3.63) is 35.5 Å². The van der Waals surface area contributed by atoms with E-state index in [0.29, 0.717) is 11.8 Å². The SMILES string of the molecule is COCC[C@H]1C[C@H]2CN3CCc4c([nH]c5ccccc45)[C@@](C(=O)OC)(C2)[C@H]13. The number of hydrogen-bond donors (Lipinski definition) is 1. The molecule has 4 heterocycles. The van der Waals surface area contributed by atoms with Crippen molar-refractivity contribution in [1.82, 2.24) is 9.88 Å². The topological polar surface area (TPSA) is 54.6 Å². The summed E-state index contributed by atoms with van der Waals surface area (Å²) in [7, 11) is 3.31. The maximum atomic E-state index is 13.4. The largest absolute Gasteiger partial charge is 0.468 e. The quantitative estimate of drug-likeness (QED) is 0.843. The molecule has 3 aliphatic heterocycles. The maximum absolute atomic E-state index is 13.4. The summed E-state index contributed by atoms with van der Waals surface area (Å²) in [5, 5.41) is 1.26. The van der Waals surface area contributed by atoms with Crippen molar-refractivity contribution in [2.45, 2.75) is 37.1 Å². The molecule has 1 aromatic carbocycles. The van der Waals surface area contributed by atoms with Gasteiger partial charge in [0, 0.05) is 49.4 Å². The second-order valence-electron chi connectivity index (χ2n) is 8.52. The first-order valence-electron chi connectivity index (χ1n) is 10.1. The Kier molecular flexibility index (Phi) is 4.06. The first-order chi connectivity index (χ1) is 13.2. The van der Waals surface area contributed by atoms with E-state index in [2.05, 4.69) is 34.1 Å². The number of aromatic nitrogens is 1. The molecule has 1 aromatic heterocycles. The highest BCUT2D eigenvalue weighted by Crippen LogP contribution is 2.55. The molecule has 5 nitrogen and oxygen atoms in total. The van der Waals surface area contributed by atoms with Crippen LogP contribution in [0.4, 0.5) is 0 Å². The van der Waals surface area contributed by atoms with Gasteiger partial charge in [-0.15, -0.1) is 0 Å². The zero-order valence-electron chi connectivity index (χ0n) is 16.2. The summed E-state index contributed by atoms with van der Waals surface area (Å²) < 4.78 is 10.9. The molecule has 4 aliphatic rings. The number of nitrogens with zero attached hydrogens (tertiary/aromatic N) is 1. The van der Waals surface area contributed by atoms with Gasteiger partial charge in [-0.25, -0.2) is 0 Å². The third kappa shape index (κ3) is 2.34. The molecule has 0 radical (unpaired) electrons. The molecule has 5 atom stereocenters. The fourth-order valence-electron chi connectivity index (χ4n) is 6.42. The van der Waals surface area contributed by atoms with Gasteiger partial charge in [-0.3, -0.25) is 9.69 Å². The van der Waals surface area contributed by atoms with Crippen LogP contribution in [0.2, 0.25) is 0 Å². The van der Waals surface area contributed by atoms with Crippen LogP contribution in [0.25, 0.3) is 10.9 Å². The van der Waals surface area contributed by atoms with Crippen LogP contribution in [-0.2, 0) is 26.1 Å². The number of nitrogens with one attached hydrogen (secondary N) is 1. The molecule has 3 fully saturated rings. The predicted octanol–water partition coefficient (Wildman–Crippen LogP) is 2.88. The van der Waals surface area contributed by atoms with Crippen molar-refractivity contribution in [3.8, 4) is 0 Å². The van der Waals surface area contributed by atoms with Crippen LogP contribution in [-0.4, -0.2) is 55.8 Å². The Labute approximate surface area is 160 Å². The van der Waals surface area contributed by atoms with E-state index >= 15 is 0 Å². The summed E-state index contributed by atoms with van der Waals surface area (Å²) in [5.74, 6) is 0.932. The van der Waals surface area contributed by atoms with Gasteiger partial charge in [-0.2, -0.15) is 0 Å². The van der Waals surface area contributed by atoms with Crippen molar-refractivity contribution < 1.29 is 14.3 Å². The molecule has 0 amide bonds.